The number of carboxylic acid groups (broad SMARTS) is 1. The molecule has 0 aliphatic carbocycles. The number of nitrogens with zero attached hydrogens (tertiary/aromatic N) is 1. The van der Waals surface area contributed by atoms with Gasteiger partial charge in [-0.05, 0) is 24.6 Å². The van der Waals surface area contributed by atoms with Crippen molar-refractivity contribution in [3.63, 3.8) is 0 Å². The number of aromatic amines is 1. The van der Waals surface area contributed by atoms with Crippen molar-refractivity contribution in [3.8, 4) is 0 Å². The molecule has 1 aromatic carbocycles. The van der Waals surface area contributed by atoms with Crippen LogP contribution in [0.1, 0.15) is 24.7 Å². The Bertz CT molecular complexity index is 553. The minimum absolute atomic E-state index is 0.0268. The molecule has 0 unspecified atom stereocenters. The molecule has 0 saturated carbocycles. The van der Waals surface area contributed by atoms with Crippen LogP contribution in [-0.2, 0) is 4.79 Å². The van der Waals surface area contributed by atoms with Crippen molar-refractivity contribution in [2.75, 3.05) is 0 Å². The largest absolute Gasteiger partial charge is 0.481 e. The molecule has 5 nitrogen and oxygen atoms in total. The highest BCUT2D eigenvalue weighted by atomic mass is 35.5. The maximum absolute atomic E-state index is 10.4. The van der Waals surface area contributed by atoms with Gasteiger partial charge in [0.15, 0.2) is 0 Å². The van der Waals surface area contributed by atoms with Crippen LogP contribution in [0.5, 0.6) is 0 Å². The molecule has 4 N–H and O–H groups in total. The molecule has 0 amide bonds. The van der Waals surface area contributed by atoms with Crippen LogP contribution in [0.4, 0.5) is 0 Å². The number of rotatable bonds is 4. The molecule has 0 aliphatic heterocycles. The molecule has 0 aliphatic rings. The number of hydrogen-bond donors (Lipinski definition) is 3. The standard InChI is InChI=1S/C11H12ClN3O2/c12-6-1-3-8-9(5-6)15-11(14-8)7(13)2-4-10(16)17/h1,3,5,7H,2,4,13H2,(H,14,15)(H,16,17)/t7-/m0/s1. The van der Waals surface area contributed by atoms with Gasteiger partial charge in [0.25, 0.3) is 0 Å². The van der Waals surface area contributed by atoms with E-state index in [2.05, 4.69) is 9.97 Å². The zero-order chi connectivity index (χ0) is 12.4. The van der Waals surface area contributed by atoms with Gasteiger partial charge in [-0.15, -0.1) is 0 Å². The molecule has 0 saturated heterocycles. The fourth-order valence-corrected chi connectivity index (χ4v) is 1.76. The number of benzene rings is 1. The molecule has 0 radical (unpaired) electrons. The Kier molecular flexibility index (Phi) is 3.31. The Hall–Kier alpha value is -1.59. The lowest BCUT2D eigenvalue weighted by Crippen LogP contribution is -2.13. The van der Waals surface area contributed by atoms with Crippen LogP contribution in [-0.4, -0.2) is 21.0 Å². The van der Waals surface area contributed by atoms with Crippen molar-refractivity contribution in [2.45, 2.75) is 18.9 Å². The number of aromatic nitrogens is 2. The quantitative estimate of drug-likeness (QED) is 0.778. The molecule has 0 spiro atoms. The maximum atomic E-state index is 10.4. The van der Waals surface area contributed by atoms with Crippen LogP contribution in [0.2, 0.25) is 5.02 Å². The number of hydrogen-bond acceptors (Lipinski definition) is 3. The third-order valence-corrected chi connectivity index (χ3v) is 2.72. The number of H-pyrrole nitrogens is 1. The summed E-state index contributed by atoms with van der Waals surface area (Å²) in [7, 11) is 0. The van der Waals surface area contributed by atoms with Gasteiger partial charge in [0.1, 0.15) is 5.82 Å². The van der Waals surface area contributed by atoms with Gasteiger partial charge >= 0.3 is 5.97 Å². The summed E-state index contributed by atoms with van der Waals surface area (Å²) in [6.07, 6.45) is 0.377. The van der Waals surface area contributed by atoms with E-state index in [9.17, 15) is 4.79 Å². The minimum atomic E-state index is -0.861. The van der Waals surface area contributed by atoms with Gasteiger partial charge in [-0.1, -0.05) is 11.6 Å². The highest BCUT2D eigenvalue weighted by molar-refractivity contribution is 6.31. The highest BCUT2D eigenvalue weighted by Crippen LogP contribution is 2.20. The first-order valence-electron chi connectivity index (χ1n) is 5.19. The van der Waals surface area contributed by atoms with E-state index < -0.39 is 12.0 Å². The summed E-state index contributed by atoms with van der Waals surface area (Å²) in [5.74, 6) is -0.275. The highest BCUT2D eigenvalue weighted by Gasteiger charge is 2.12. The lowest BCUT2D eigenvalue weighted by atomic mass is 10.1. The summed E-state index contributed by atoms with van der Waals surface area (Å²) < 4.78 is 0. The Labute approximate surface area is 103 Å². The first-order valence-corrected chi connectivity index (χ1v) is 5.56. The van der Waals surface area contributed by atoms with E-state index in [4.69, 9.17) is 22.4 Å². The molecule has 2 aromatic rings. The van der Waals surface area contributed by atoms with Crippen molar-refractivity contribution in [3.05, 3.63) is 29.0 Å². The zero-order valence-electron chi connectivity index (χ0n) is 8.98. The topological polar surface area (TPSA) is 92.0 Å². The first-order chi connectivity index (χ1) is 8.06. The van der Waals surface area contributed by atoms with Gasteiger partial charge < -0.3 is 15.8 Å². The van der Waals surface area contributed by atoms with Crippen molar-refractivity contribution in [1.29, 1.82) is 0 Å². The Morgan fingerprint density at radius 2 is 2.35 bits per heavy atom. The van der Waals surface area contributed by atoms with Gasteiger partial charge in [0.2, 0.25) is 0 Å². The summed E-state index contributed by atoms with van der Waals surface area (Å²) in [5, 5.41) is 9.20. The SMILES string of the molecule is N[C@@H](CCC(=O)O)c1nc2ccc(Cl)cc2[nH]1. The fraction of sp³-hybridized carbons (Fsp3) is 0.273. The van der Waals surface area contributed by atoms with Crippen molar-refractivity contribution in [2.24, 2.45) is 5.73 Å². The molecule has 0 fully saturated rings. The number of carboxylic acids is 1. The van der Waals surface area contributed by atoms with Crippen LogP contribution in [0.25, 0.3) is 11.0 Å². The molecule has 17 heavy (non-hydrogen) atoms. The van der Waals surface area contributed by atoms with Gasteiger partial charge in [0.05, 0.1) is 17.1 Å². The van der Waals surface area contributed by atoms with Crippen LogP contribution in [0.3, 0.4) is 0 Å². The number of imidazole rings is 1. The molecule has 1 atom stereocenters. The maximum Gasteiger partial charge on any atom is 0.303 e. The summed E-state index contributed by atoms with van der Waals surface area (Å²) in [6, 6.07) is 4.90. The second kappa shape index (κ2) is 4.73. The number of nitrogens with one attached hydrogen (secondary N) is 1. The van der Waals surface area contributed by atoms with E-state index >= 15 is 0 Å². The predicted molar refractivity (Wildman–Crippen MR) is 64.9 cm³/mol. The first kappa shape index (κ1) is 11.9. The Balaban J connectivity index is 2.21. The third-order valence-electron chi connectivity index (χ3n) is 2.48. The predicted octanol–water partition coefficient (Wildman–Crippen LogP) is 2.08. The second-order valence-electron chi connectivity index (χ2n) is 3.82. The lowest BCUT2D eigenvalue weighted by Gasteiger charge is -2.05. The van der Waals surface area contributed by atoms with Crippen molar-refractivity contribution < 1.29 is 9.90 Å². The summed E-state index contributed by atoms with van der Waals surface area (Å²) in [5.41, 5.74) is 7.43. The molecule has 2 rings (SSSR count). The number of fused-ring (bicyclic) bond motifs is 1. The molecule has 1 heterocycles. The molecule has 6 heteroatoms. The number of halogens is 1. The third kappa shape index (κ3) is 2.75. The normalized spacial score (nSPS) is 12.8. The molecule has 1 aromatic heterocycles. The molecular weight excluding hydrogens is 242 g/mol. The second-order valence-corrected chi connectivity index (χ2v) is 4.26. The average molecular weight is 254 g/mol. The number of carbonyl (C=O) groups is 1. The van der Waals surface area contributed by atoms with Crippen molar-refractivity contribution in [1.82, 2.24) is 9.97 Å². The summed E-state index contributed by atoms with van der Waals surface area (Å²) in [4.78, 5) is 17.8. The minimum Gasteiger partial charge on any atom is -0.481 e. The van der Waals surface area contributed by atoms with Crippen LogP contribution in [0, 0.1) is 0 Å². The Morgan fingerprint density at radius 1 is 1.59 bits per heavy atom. The monoisotopic (exact) mass is 253 g/mol. The number of aliphatic carboxylic acids is 1. The summed E-state index contributed by atoms with van der Waals surface area (Å²) in [6.45, 7) is 0. The lowest BCUT2D eigenvalue weighted by molar-refractivity contribution is -0.137. The van der Waals surface area contributed by atoms with E-state index in [-0.39, 0.29) is 6.42 Å². The fourth-order valence-electron chi connectivity index (χ4n) is 1.59. The van der Waals surface area contributed by atoms with Crippen LogP contribution < -0.4 is 5.73 Å². The molecule has 90 valence electrons. The van der Waals surface area contributed by atoms with E-state index in [0.717, 1.165) is 11.0 Å². The van der Waals surface area contributed by atoms with Gasteiger partial charge in [-0.3, -0.25) is 4.79 Å². The van der Waals surface area contributed by atoms with Gasteiger partial charge in [-0.2, -0.15) is 0 Å². The van der Waals surface area contributed by atoms with E-state index in [1.165, 1.54) is 0 Å². The Morgan fingerprint density at radius 3 is 3.06 bits per heavy atom. The van der Waals surface area contributed by atoms with E-state index in [0.29, 0.717) is 17.3 Å². The average Bonchev–Trinajstić information content (AvgIpc) is 2.68. The smallest absolute Gasteiger partial charge is 0.303 e. The number of nitrogens with two attached hydrogens (primary N) is 1. The van der Waals surface area contributed by atoms with E-state index in [1.54, 1.807) is 18.2 Å². The van der Waals surface area contributed by atoms with Crippen LogP contribution >= 0.6 is 11.6 Å². The molecule has 0 bridgehead atoms. The summed E-state index contributed by atoms with van der Waals surface area (Å²) >= 11 is 5.85. The van der Waals surface area contributed by atoms with Gasteiger partial charge in [-0.25, -0.2) is 4.98 Å². The van der Waals surface area contributed by atoms with Crippen molar-refractivity contribution >= 4 is 28.6 Å². The van der Waals surface area contributed by atoms with E-state index in [1.807, 2.05) is 0 Å². The molecular formula is C11H12ClN3O2. The zero-order valence-corrected chi connectivity index (χ0v) is 9.74. The van der Waals surface area contributed by atoms with Crippen LogP contribution in [0.15, 0.2) is 18.2 Å². The van der Waals surface area contributed by atoms with Gasteiger partial charge in [0, 0.05) is 11.4 Å².